The molecule has 1 N–H and O–H groups in total. The van der Waals surface area contributed by atoms with E-state index in [0.717, 1.165) is 51.8 Å². The van der Waals surface area contributed by atoms with Crippen molar-refractivity contribution < 1.29 is 0 Å². The zero-order chi connectivity index (χ0) is 17.4. The molecule has 0 atom stereocenters. The number of nitrogens with zero attached hydrogens (tertiary/aromatic N) is 4. The number of nitrogens with one attached hydrogen (secondary N) is 1. The van der Waals surface area contributed by atoms with Crippen molar-refractivity contribution in [2.75, 3.05) is 57.8 Å². The van der Waals surface area contributed by atoms with Gasteiger partial charge in [-0.05, 0) is 40.0 Å². The summed E-state index contributed by atoms with van der Waals surface area (Å²) in [6, 6.07) is 11.2. The Balaban J connectivity index is 1.88. The lowest BCUT2D eigenvalue weighted by Gasteiger charge is -2.37. The molecule has 5 nitrogen and oxygen atoms in total. The highest BCUT2D eigenvalue weighted by Crippen LogP contribution is 2.15. The summed E-state index contributed by atoms with van der Waals surface area (Å²) in [7, 11) is 2.16. The van der Waals surface area contributed by atoms with E-state index in [1.807, 2.05) is 0 Å². The molecule has 0 saturated carbocycles. The lowest BCUT2D eigenvalue weighted by molar-refractivity contribution is 0.281. The van der Waals surface area contributed by atoms with E-state index in [-0.39, 0.29) is 0 Å². The van der Waals surface area contributed by atoms with E-state index in [1.54, 1.807) is 0 Å². The SMILES string of the molecule is CCNC(=NCCN(C)C(C)C)N1CCN(c2ccccc2)CC1. The fourth-order valence-electron chi connectivity index (χ4n) is 2.81. The molecule has 0 aliphatic carbocycles. The molecule has 2 rings (SSSR count). The van der Waals surface area contributed by atoms with Gasteiger partial charge in [0.25, 0.3) is 0 Å². The van der Waals surface area contributed by atoms with Crippen molar-refractivity contribution in [2.45, 2.75) is 26.8 Å². The highest BCUT2D eigenvalue weighted by Gasteiger charge is 2.19. The van der Waals surface area contributed by atoms with E-state index in [1.165, 1.54) is 5.69 Å². The predicted octanol–water partition coefficient (Wildman–Crippen LogP) is 2.11. The quantitative estimate of drug-likeness (QED) is 0.639. The van der Waals surface area contributed by atoms with Crippen molar-refractivity contribution >= 4 is 11.6 Å². The zero-order valence-electron chi connectivity index (χ0n) is 15.7. The summed E-state index contributed by atoms with van der Waals surface area (Å²) in [5.74, 6) is 1.06. The van der Waals surface area contributed by atoms with Gasteiger partial charge in [0, 0.05) is 51.0 Å². The first-order valence-corrected chi connectivity index (χ1v) is 9.15. The highest BCUT2D eigenvalue weighted by atomic mass is 15.3. The number of guanidine groups is 1. The average Bonchev–Trinajstić information content (AvgIpc) is 2.61. The van der Waals surface area contributed by atoms with Crippen molar-refractivity contribution in [3.05, 3.63) is 30.3 Å². The van der Waals surface area contributed by atoms with Crippen LogP contribution >= 0.6 is 0 Å². The van der Waals surface area contributed by atoms with E-state index in [2.05, 4.69) is 78.2 Å². The molecule has 1 aromatic rings. The van der Waals surface area contributed by atoms with E-state index in [4.69, 9.17) is 4.99 Å². The first-order valence-electron chi connectivity index (χ1n) is 9.15. The van der Waals surface area contributed by atoms with Crippen molar-refractivity contribution in [1.29, 1.82) is 0 Å². The van der Waals surface area contributed by atoms with Crippen LogP contribution in [0.3, 0.4) is 0 Å². The third-order valence-corrected chi connectivity index (χ3v) is 4.63. The molecule has 24 heavy (non-hydrogen) atoms. The number of benzene rings is 1. The monoisotopic (exact) mass is 331 g/mol. The largest absolute Gasteiger partial charge is 0.368 e. The van der Waals surface area contributed by atoms with E-state index in [0.29, 0.717) is 6.04 Å². The maximum absolute atomic E-state index is 4.83. The molecule has 0 radical (unpaired) electrons. The third kappa shape index (κ3) is 5.41. The van der Waals surface area contributed by atoms with Crippen LogP contribution in [0.5, 0.6) is 0 Å². The minimum absolute atomic E-state index is 0.567. The average molecular weight is 332 g/mol. The van der Waals surface area contributed by atoms with Gasteiger partial charge in [-0.25, -0.2) is 0 Å². The van der Waals surface area contributed by atoms with Crippen molar-refractivity contribution in [2.24, 2.45) is 4.99 Å². The molecule has 5 heteroatoms. The summed E-state index contributed by atoms with van der Waals surface area (Å²) in [4.78, 5) is 12.0. The van der Waals surface area contributed by atoms with E-state index < -0.39 is 0 Å². The summed E-state index contributed by atoms with van der Waals surface area (Å²) < 4.78 is 0. The Morgan fingerprint density at radius 2 is 1.83 bits per heavy atom. The first kappa shape index (κ1) is 18.6. The van der Waals surface area contributed by atoms with Crippen molar-refractivity contribution in [3.63, 3.8) is 0 Å². The van der Waals surface area contributed by atoms with Crippen molar-refractivity contribution in [3.8, 4) is 0 Å². The molecule has 1 aromatic carbocycles. The second kappa shape index (κ2) is 9.52. The summed E-state index contributed by atoms with van der Waals surface area (Å²) in [5, 5.41) is 3.45. The van der Waals surface area contributed by atoms with Gasteiger partial charge in [0.1, 0.15) is 0 Å². The molecule has 0 aromatic heterocycles. The normalized spacial score (nSPS) is 16.2. The van der Waals surface area contributed by atoms with Crippen LogP contribution < -0.4 is 10.2 Å². The van der Waals surface area contributed by atoms with Gasteiger partial charge in [0.05, 0.1) is 6.54 Å². The highest BCUT2D eigenvalue weighted by molar-refractivity contribution is 5.80. The second-order valence-corrected chi connectivity index (χ2v) is 6.62. The van der Waals surface area contributed by atoms with Gasteiger partial charge in [0.2, 0.25) is 0 Å². The third-order valence-electron chi connectivity index (χ3n) is 4.63. The van der Waals surface area contributed by atoms with Crippen LogP contribution in [-0.4, -0.2) is 74.7 Å². The fourth-order valence-corrected chi connectivity index (χ4v) is 2.81. The number of anilines is 1. The molecule has 1 saturated heterocycles. The molecule has 0 bridgehead atoms. The van der Waals surface area contributed by atoms with Gasteiger partial charge in [-0.1, -0.05) is 18.2 Å². The number of piperazine rings is 1. The molecular formula is C19H33N5. The lowest BCUT2D eigenvalue weighted by Crippen LogP contribution is -2.52. The van der Waals surface area contributed by atoms with Gasteiger partial charge < -0.3 is 20.0 Å². The molecule has 1 aliphatic heterocycles. The summed E-state index contributed by atoms with van der Waals surface area (Å²) in [6.45, 7) is 13.4. The van der Waals surface area contributed by atoms with Crippen LogP contribution in [0.1, 0.15) is 20.8 Å². The Bertz CT molecular complexity index is 492. The standard InChI is InChI=1S/C19H33N5/c1-5-20-19(21-11-12-22(4)17(2)3)24-15-13-23(14-16-24)18-9-7-6-8-10-18/h6-10,17H,5,11-16H2,1-4H3,(H,20,21). The summed E-state index contributed by atoms with van der Waals surface area (Å²) in [6.07, 6.45) is 0. The fraction of sp³-hybridized carbons (Fsp3) is 0.632. The van der Waals surface area contributed by atoms with Gasteiger partial charge in [-0.15, -0.1) is 0 Å². The van der Waals surface area contributed by atoms with Crippen LogP contribution in [0.4, 0.5) is 5.69 Å². The number of likely N-dealkylation sites (N-methyl/N-ethyl adjacent to an activating group) is 1. The number of hydrogen-bond acceptors (Lipinski definition) is 3. The second-order valence-electron chi connectivity index (χ2n) is 6.62. The molecule has 1 heterocycles. The van der Waals surface area contributed by atoms with E-state index in [9.17, 15) is 0 Å². The van der Waals surface area contributed by atoms with E-state index >= 15 is 0 Å². The topological polar surface area (TPSA) is 34.1 Å². The molecule has 134 valence electrons. The van der Waals surface area contributed by atoms with Crippen LogP contribution in [0.25, 0.3) is 0 Å². The Kier molecular flexibility index (Phi) is 7.37. The summed E-state index contributed by atoms with van der Waals surface area (Å²) in [5.41, 5.74) is 1.32. The Morgan fingerprint density at radius 1 is 1.17 bits per heavy atom. The zero-order valence-corrected chi connectivity index (χ0v) is 15.7. The van der Waals surface area contributed by atoms with Crippen LogP contribution in [0.2, 0.25) is 0 Å². The lowest BCUT2D eigenvalue weighted by atomic mass is 10.2. The Morgan fingerprint density at radius 3 is 2.42 bits per heavy atom. The van der Waals surface area contributed by atoms with Gasteiger partial charge >= 0.3 is 0 Å². The molecule has 0 spiro atoms. The molecule has 0 amide bonds. The molecule has 1 fully saturated rings. The molecule has 1 aliphatic rings. The first-order chi connectivity index (χ1) is 11.6. The van der Waals surface area contributed by atoms with Crippen LogP contribution in [0.15, 0.2) is 35.3 Å². The molecule has 0 unspecified atom stereocenters. The van der Waals surface area contributed by atoms with Crippen LogP contribution in [0, 0.1) is 0 Å². The Hall–Kier alpha value is -1.75. The number of hydrogen-bond donors (Lipinski definition) is 1. The number of aliphatic imine (C=N–C) groups is 1. The van der Waals surface area contributed by atoms with Gasteiger partial charge in [-0.2, -0.15) is 0 Å². The van der Waals surface area contributed by atoms with Gasteiger partial charge in [0.15, 0.2) is 5.96 Å². The minimum atomic E-state index is 0.567. The Labute approximate surface area is 147 Å². The number of para-hydroxylation sites is 1. The predicted molar refractivity (Wildman–Crippen MR) is 104 cm³/mol. The smallest absolute Gasteiger partial charge is 0.194 e. The van der Waals surface area contributed by atoms with Gasteiger partial charge in [-0.3, -0.25) is 4.99 Å². The molecular weight excluding hydrogens is 298 g/mol. The maximum Gasteiger partial charge on any atom is 0.194 e. The number of rotatable bonds is 6. The maximum atomic E-state index is 4.83. The van der Waals surface area contributed by atoms with Crippen molar-refractivity contribution in [1.82, 2.24) is 15.1 Å². The minimum Gasteiger partial charge on any atom is -0.368 e. The summed E-state index contributed by atoms with van der Waals surface area (Å²) >= 11 is 0. The van der Waals surface area contributed by atoms with Crippen LogP contribution in [-0.2, 0) is 0 Å².